The zero-order valence-corrected chi connectivity index (χ0v) is 11.4. The van der Waals surface area contributed by atoms with Crippen molar-refractivity contribution < 1.29 is 9.90 Å². The van der Waals surface area contributed by atoms with Crippen molar-refractivity contribution in [3.63, 3.8) is 0 Å². The molecule has 2 saturated carbocycles. The molecule has 0 aromatic rings. The second-order valence-electron chi connectivity index (χ2n) is 5.78. The lowest BCUT2D eigenvalue weighted by Crippen LogP contribution is -2.40. The molecule has 0 heterocycles. The highest BCUT2D eigenvalue weighted by molar-refractivity contribution is 5.78. The number of nitrogens with one attached hydrogen (secondary N) is 1. The van der Waals surface area contributed by atoms with Gasteiger partial charge in [0.05, 0.1) is 12.6 Å². The van der Waals surface area contributed by atoms with Crippen LogP contribution >= 0.6 is 0 Å². The van der Waals surface area contributed by atoms with Crippen molar-refractivity contribution in [3.05, 3.63) is 0 Å². The van der Waals surface area contributed by atoms with Gasteiger partial charge in [0.15, 0.2) is 0 Å². The van der Waals surface area contributed by atoms with Gasteiger partial charge in [-0.05, 0) is 44.6 Å². The zero-order valence-electron chi connectivity index (χ0n) is 11.4. The predicted molar refractivity (Wildman–Crippen MR) is 71.2 cm³/mol. The summed E-state index contributed by atoms with van der Waals surface area (Å²) in [5, 5.41) is 12.6. The monoisotopic (exact) mass is 254 g/mol. The number of aliphatic hydroxyl groups is 1. The molecular weight excluding hydrogens is 228 g/mol. The van der Waals surface area contributed by atoms with E-state index in [4.69, 9.17) is 0 Å². The molecule has 2 N–H and O–H groups in total. The summed E-state index contributed by atoms with van der Waals surface area (Å²) in [7, 11) is 0. The maximum absolute atomic E-state index is 11.9. The van der Waals surface area contributed by atoms with E-state index in [1.54, 1.807) is 0 Å². The fourth-order valence-corrected chi connectivity index (χ4v) is 2.89. The average molecular weight is 254 g/mol. The van der Waals surface area contributed by atoms with Crippen LogP contribution in [0.2, 0.25) is 0 Å². The first kappa shape index (κ1) is 13.8. The highest BCUT2D eigenvalue weighted by Gasteiger charge is 2.29. The number of carbonyl (C=O) groups excluding carboxylic acids is 1. The molecule has 0 bridgehead atoms. The molecule has 0 aliphatic heterocycles. The Morgan fingerprint density at radius 1 is 1.33 bits per heavy atom. The van der Waals surface area contributed by atoms with Gasteiger partial charge < -0.3 is 10.4 Å². The van der Waals surface area contributed by atoms with E-state index in [1.165, 1.54) is 12.8 Å². The van der Waals surface area contributed by atoms with E-state index in [1.807, 2.05) is 0 Å². The van der Waals surface area contributed by atoms with E-state index < -0.39 is 0 Å². The van der Waals surface area contributed by atoms with Gasteiger partial charge in [-0.2, -0.15) is 0 Å². The smallest absolute Gasteiger partial charge is 0.234 e. The van der Waals surface area contributed by atoms with Crippen LogP contribution in [-0.2, 0) is 4.79 Å². The quantitative estimate of drug-likeness (QED) is 0.747. The second kappa shape index (κ2) is 6.53. The summed E-state index contributed by atoms with van der Waals surface area (Å²) in [6, 6.07) is 0.650. The molecule has 2 aliphatic carbocycles. The molecule has 4 nitrogen and oxygen atoms in total. The van der Waals surface area contributed by atoms with Crippen LogP contribution in [0.5, 0.6) is 0 Å². The molecule has 0 aromatic carbocycles. The third kappa shape index (κ3) is 4.25. The van der Waals surface area contributed by atoms with E-state index in [0.29, 0.717) is 18.5 Å². The normalized spacial score (nSPS) is 28.4. The summed E-state index contributed by atoms with van der Waals surface area (Å²) >= 11 is 0. The Balaban J connectivity index is 1.64. The highest BCUT2D eigenvalue weighted by Crippen LogP contribution is 2.26. The molecule has 2 rings (SSSR count). The van der Waals surface area contributed by atoms with E-state index in [-0.39, 0.29) is 12.0 Å². The zero-order chi connectivity index (χ0) is 13.0. The lowest BCUT2D eigenvalue weighted by Gasteiger charge is -2.26. The van der Waals surface area contributed by atoms with E-state index in [2.05, 4.69) is 17.1 Å². The van der Waals surface area contributed by atoms with E-state index in [0.717, 1.165) is 38.8 Å². The number of hydrogen-bond donors (Lipinski definition) is 2. The molecule has 0 aromatic heterocycles. The maximum Gasteiger partial charge on any atom is 0.234 e. The maximum atomic E-state index is 11.9. The minimum Gasteiger partial charge on any atom is -0.393 e. The number of likely N-dealkylation sites (N-methyl/N-ethyl adjacent to an activating group) is 1. The Bertz CT molecular complexity index is 279. The van der Waals surface area contributed by atoms with Crippen LogP contribution in [0, 0.1) is 5.92 Å². The Morgan fingerprint density at radius 3 is 2.72 bits per heavy atom. The first-order chi connectivity index (χ1) is 8.69. The third-order valence-corrected chi connectivity index (χ3v) is 4.16. The number of rotatable bonds is 6. The predicted octanol–water partition coefficient (Wildman–Crippen LogP) is 1.14. The third-order valence-electron chi connectivity index (χ3n) is 4.16. The molecule has 1 amide bonds. The summed E-state index contributed by atoms with van der Waals surface area (Å²) in [6.45, 7) is 4.35. The van der Waals surface area contributed by atoms with Crippen molar-refractivity contribution in [2.24, 2.45) is 5.92 Å². The van der Waals surface area contributed by atoms with Gasteiger partial charge in [0.1, 0.15) is 0 Å². The molecule has 4 heteroatoms. The van der Waals surface area contributed by atoms with Crippen LogP contribution in [0.25, 0.3) is 0 Å². The molecule has 2 unspecified atom stereocenters. The molecule has 104 valence electrons. The van der Waals surface area contributed by atoms with Crippen molar-refractivity contribution in [3.8, 4) is 0 Å². The summed E-state index contributed by atoms with van der Waals surface area (Å²) in [5.41, 5.74) is 0. The first-order valence-electron chi connectivity index (χ1n) is 7.37. The molecule has 2 aliphatic rings. The number of nitrogens with zero attached hydrogens (tertiary/aromatic N) is 1. The Labute approximate surface area is 110 Å². The molecular formula is C14H26N2O2. The van der Waals surface area contributed by atoms with Gasteiger partial charge in [0.2, 0.25) is 5.91 Å². The summed E-state index contributed by atoms with van der Waals surface area (Å²) in [5.74, 6) is 0.609. The van der Waals surface area contributed by atoms with Crippen LogP contribution in [0.1, 0.15) is 45.4 Å². The average Bonchev–Trinajstić information content (AvgIpc) is 3.18. The van der Waals surface area contributed by atoms with Gasteiger partial charge in [0, 0.05) is 12.6 Å². The van der Waals surface area contributed by atoms with Gasteiger partial charge >= 0.3 is 0 Å². The van der Waals surface area contributed by atoms with Gasteiger partial charge in [-0.3, -0.25) is 9.69 Å². The topological polar surface area (TPSA) is 52.6 Å². The fourth-order valence-electron chi connectivity index (χ4n) is 2.89. The van der Waals surface area contributed by atoms with Crippen molar-refractivity contribution >= 4 is 5.91 Å². The largest absolute Gasteiger partial charge is 0.393 e. The molecule has 2 atom stereocenters. The van der Waals surface area contributed by atoms with Crippen LogP contribution < -0.4 is 5.32 Å². The number of amides is 1. The minimum atomic E-state index is -0.153. The van der Waals surface area contributed by atoms with Crippen molar-refractivity contribution in [2.45, 2.75) is 57.6 Å². The van der Waals surface area contributed by atoms with Gasteiger partial charge in [0.25, 0.3) is 0 Å². The molecule has 0 saturated heterocycles. The number of aliphatic hydroxyl groups excluding tert-OH is 1. The lowest BCUT2D eigenvalue weighted by atomic mass is 9.87. The van der Waals surface area contributed by atoms with Crippen molar-refractivity contribution in [1.82, 2.24) is 10.2 Å². The van der Waals surface area contributed by atoms with E-state index in [9.17, 15) is 9.90 Å². The lowest BCUT2D eigenvalue weighted by molar-refractivity contribution is -0.122. The van der Waals surface area contributed by atoms with Crippen molar-refractivity contribution in [2.75, 3.05) is 19.6 Å². The van der Waals surface area contributed by atoms with Crippen LogP contribution in [0.4, 0.5) is 0 Å². The Kier molecular flexibility index (Phi) is 5.01. The number of carbonyl (C=O) groups is 1. The summed E-state index contributed by atoms with van der Waals surface area (Å²) in [6.07, 6.45) is 6.34. The van der Waals surface area contributed by atoms with Crippen LogP contribution in [0.3, 0.4) is 0 Å². The number of hydrogen-bond acceptors (Lipinski definition) is 3. The van der Waals surface area contributed by atoms with Gasteiger partial charge in [-0.15, -0.1) is 0 Å². The molecule has 18 heavy (non-hydrogen) atoms. The summed E-state index contributed by atoms with van der Waals surface area (Å²) < 4.78 is 0. The fraction of sp³-hybridized carbons (Fsp3) is 0.929. The van der Waals surface area contributed by atoms with Crippen LogP contribution in [-0.4, -0.2) is 47.7 Å². The minimum absolute atomic E-state index is 0.142. The SMILES string of the molecule is CCN(CC(=O)NCC1CCCC(O)C1)C1CC1. The Hall–Kier alpha value is -0.610. The summed E-state index contributed by atoms with van der Waals surface area (Å²) in [4.78, 5) is 14.1. The Morgan fingerprint density at radius 2 is 2.11 bits per heavy atom. The van der Waals surface area contributed by atoms with Crippen molar-refractivity contribution in [1.29, 1.82) is 0 Å². The van der Waals surface area contributed by atoms with Gasteiger partial charge in [-0.25, -0.2) is 0 Å². The molecule has 0 spiro atoms. The second-order valence-corrected chi connectivity index (χ2v) is 5.78. The highest BCUT2D eigenvalue weighted by atomic mass is 16.3. The van der Waals surface area contributed by atoms with Crippen LogP contribution in [0.15, 0.2) is 0 Å². The molecule has 0 radical (unpaired) electrons. The standard InChI is InChI=1S/C14H26N2O2/c1-2-16(12-6-7-12)10-14(18)15-9-11-4-3-5-13(17)8-11/h11-13,17H,2-10H2,1H3,(H,15,18). The van der Waals surface area contributed by atoms with Gasteiger partial charge in [-0.1, -0.05) is 13.3 Å². The van der Waals surface area contributed by atoms with E-state index >= 15 is 0 Å². The molecule has 2 fully saturated rings. The first-order valence-corrected chi connectivity index (χ1v) is 7.37.